The average molecular weight is 277 g/mol. The molecule has 1 fully saturated rings. The molecule has 0 saturated heterocycles. The van der Waals surface area contributed by atoms with Crippen LogP contribution < -0.4 is 5.32 Å². The first kappa shape index (κ1) is 13.9. The number of benzene rings is 1. The number of nitro benzene ring substituents is 1. The normalized spacial score (nSPS) is 16.4. The van der Waals surface area contributed by atoms with E-state index < -0.39 is 27.8 Å². The van der Waals surface area contributed by atoms with Crippen LogP contribution in [0.25, 0.3) is 0 Å². The SMILES string of the molecule is N#CC1(C(=O)Nc2ccc(F)c([N+](=O)[O-])c2)CCCC1. The van der Waals surface area contributed by atoms with Crippen molar-refractivity contribution in [3.8, 4) is 6.07 Å². The zero-order valence-electron chi connectivity index (χ0n) is 10.6. The van der Waals surface area contributed by atoms with Gasteiger partial charge < -0.3 is 5.32 Å². The van der Waals surface area contributed by atoms with E-state index in [-0.39, 0.29) is 5.69 Å². The number of nitriles is 1. The molecule has 0 radical (unpaired) electrons. The Bertz CT molecular complexity index is 603. The highest BCUT2D eigenvalue weighted by Crippen LogP contribution is 2.38. The number of anilines is 1. The molecule has 0 heterocycles. The number of halogens is 1. The van der Waals surface area contributed by atoms with E-state index in [1.54, 1.807) is 0 Å². The van der Waals surface area contributed by atoms with Crippen molar-refractivity contribution in [1.82, 2.24) is 0 Å². The lowest BCUT2D eigenvalue weighted by molar-refractivity contribution is -0.387. The van der Waals surface area contributed by atoms with E-state index in [4.69, 9.17) is 0 Å². The van der Waals surface area contributed by atoms with Crippen LogP contribution >= 0.6 is 0 Å². The van der Waals surface area contributed by atoms with Gasteiger partial charge in [-0.2, -0.15) is 9.65 Å². The highest BCUT2D eigenvalue weighted by atomic mass is 19.1. The van der Waals surface area contributed by atoms with Gasteiger partial charge in [-0.15, -0.1) is 0 Å². The molecule has 1 aliphatic carbocycles. The van der Waals surface area contributed by atoms with Crippen LogP contribution in [0.4, 0.5) is 15.8 Å². The molecule has 1 amide bonds. The molecular formula is C13H12FN3O3. The van der Waals surface area contributed by atoms with Gasteiger partial charge in [0.2, 0.25) is 11.7 Å². The molecule has 6 nitrogen and oxygen atoms in total. The van der Waals surface area contributed by atoms with Crippen LogP contribution in [0.1, 0.15) is 25.7 Å². The Balaban J connectivity index is 2.22. The Hall–Kier alpha value is -2.49. The predicted molar refractivity (Wildman–Crippen MR) is 68.2 cm³/mol. The van der Waals surface area contributed by atoms with E-state index >= 15 is 0 Å². The second kappa shape index (κ2) is 5.25. The van der Waals surface area contributed by atoms with Crippen molar-refractivity contribution in [3.63, 3.8) is 0 Å². The van der Waals surface area contributed by atoms with Crippen molar-refractivity contribution >= 4 is 17.3 Å². The first-order valence-electron chi connectivity index (χ1n) is 6.15. The Morgan fingerprint density at radius 3 is 2.65 bits per heavy atom. The van der Waals surface area contributed by atoms with Crippen LogP contribution in [0.2, 0.25) is 0 Å². The zero-order valence-corrected chi connectivity index (χ0v) is 10.6. The zero-order chi connectivity index (χ0) is 14.8. The number of carbonyl (C=O) groups excluding carboxylic acids is 1. The summed E-state index contributed by atoms with van der Waals surface area (Å²) in [7, 11) is 0. The van der Waals surface area contributed by atoms with Gasteiger partial charge in [0.15, 0.2) is 0 Å². The van der Waals surface area contributed by atoms with Gasteiger partial charge in [-0.05, 0) is 25.0 Å². The molecule has 20 heavy (non-hydrogen) atoms. The van der Waals surface area contributed by atoms with Gasteiger partial charge in [0.1, 0.15) is 5.41 Å². The minimum Gasteiger partial charge on any atom is -0.324 e. The molecule has 0 unspecified atom stereocenters. The molecule has 0 aromatic heterocycles. The monoisotopic (exact) mass is 277 g/mol. The average Bonchev–Trinajstić information content (AvgIpc) is 2.90. The summed E-state index contributed by atoms with van der Waals surface area (Å²) in [5, 5.41) is 22.3. The van der Waals surface area contributed by atoms with Crippen LogP contribution in [-0.2, 0) is 4.79 Å². The fourth-order valence-corrected chi connectivity index (χ4v) is 2.35. The summed E-state index contributed by atoms with van der Waals surface area (Å²) in [4.78, 5) is 21.9. The van der Waals surface area contributed by atoms with Crippen molar-refractivity contribution in [1.29, 1.82) is 5.26 Å². The number of nitrogens with zero attached hydrogens (tertiary/aromatic N) is 2. The van der Waals surface area contributed by atoms with Crippen LogP contribution in [0.5, 0.6) is 0 Å². The van der Waals surface area contributed by atoms with Crippen LogP contribution in [-0.4, -0.2) is 10.8 Å². The lowest BCUT2D eigenvalue weighted by Gasteiger charge is -2.19. The van der Waals surface area contributed by atoms with Gasteiger partial charge in [-0.3, -0.25) is 14.9 Å². The van der Waals surface area contributed by atoms with Gasteiger partial charge >= 0.3 is 5.69 Å². The number of nitrogens with one attached hydrogen (secondary N) is 1. The number of amides is 1. The smallest absolute Gasteiger partial charge is 0.306 e. The Labute approximate surface area is 114 Å². The van der Waals surface area contributed by atoms with E-state index in [9.17, 15) is 24.6 Å². The predicted octanol–water partition coefficient (Wildman–Crippen LogP) is 2.76. The van der Waals surface area contributed by atoms with E-state index in [0.29, 0.717) is 12.8 Å². The van der Waals surface area contributed by atoms with Crippen LogP contribution in [0, 0.1) is 32.7 Å². The second-order valence-electron chi connectivity index (χ2n) is 4.78. The molecule has 1 aromatic carbocycles. The molecule has 1 N–H and O–H groups in total. The fourth-order valence-electron chi connectivity index (χ4n) is 2.35. The lowest BCUT2D eigenvalue weighted by Crippen LogP contribution is -2.32. The molecule has 0 aliphatic heterocycles. The third-order valence-electron chi connectivity index (χ3n) is 3.51. The summed E-state index contributed by atoms with van der Waals surface area (Å²) in [5.41, 5.74) is -1.67. The summed E-state index contributed by atoms with van der Waals surface area (Å²) in [5.74, 6) is -1.46. The molecule has 1 aromatic rings. The number of hydrogen-bond donors (Lipinski definition) is 1. The van der Waals surface area contributed by atoms with Gasteiger partial charge in [0.25, 0.3) is 0 Å². The standard InChI is InChI=1S/C13H12FN3O3/c14-10-4-3-9(7-11(10)17(19)20)16-12(18)13(8-15)5-1-2-6-13/h3-4,7H,1-2,5-6H2,(H,16,18). The minimum atomic E-state index is -1.08. The Morgan fingerprint density at radius 1 is 1.45 bits per heavy atom. The first-order valence-corrected chi connectivity index (χ1v) is 6.15. The van der Waals surface area contributed by atoms with E-state index in [2.05, 4.69) is 5.32 Å². The van der Waals surface area contributed by atoms with Crippen molar-refractivity contribution in [2.45, 2.75) is 25.7 Å². The third-order valence-corrected chi connectivity index (χ3v) is 3.51. The highest BCUT2D eigenvalue weighted by Gasteiger charge is 2.41. The Kier molecular flexibility index (Phi) is 3.66. The maximum atomic E-state index is 13.2. The molecule has 104 valence electrons. The van der Waals surface area contributed by atoms with Crippen molar-refractivity contribution < 1.29 is 14.1 Å². The second-order valence-corrected chi connectivity index (χ2v) is 4.78. The van der Waals surface area contributed by atoms with Gasteiger partial charge in [0, 0.05) is 11.8 Å². The maximum absolute atomic E-state index is 13.2. The molecule has 0 bridgehead atoms. The summed E-state index contributed by atoms with van der Waals surface area (Å²) < 4.78 is 13.2. The molecule has 0 atom stereocenters. The van der Waals surface area contributed by atoms with Crippen molar-refractivity contribution in [2.24, 2.45) is 5.41 Å². The molecule has 1 aliphatic rings. The Morgan fingerprint density at radius 2 is 2.10 bits per heavy atom. The largest absolute Gasteiger partial charge is 0.324 e. The van der Waals surface area contributed by atoms with E-state index in [0.717, 1.165) is 25.0 Å². The lowest BCUT2D eigenvalue weighted by atomic mass is 9.87. The van der Waals surface area contributed by atoms with Crippen molar-refractivity contribution in [2.75, 3.05) is 5.32 Å². The third kappa shape index (κ3) is 2.45. The van der Waals surface area contributed by atoms with Crippen LogP contribution in [0.3, 0.4) is 0 Å². The maximum Gasteiger partial charge on any atom is 0.306 e. The summed E-state index contributed by atoms with van der Waals surface area (Å²) in [6.07, 6.45) is 2.53. The fraction of sp³-hybridized carbons (Fsp3) is 0.385. The van der Waals surface area contributed by atoms with E-state index in [1.165, 1.54) is 6.07 Å². The van der Waals surface area contributed by atoms with Gasteiger partial charge in [-0.1, -0.05) is 12.8 Å². The number of hydrogen-bond acceptors (Lipinski definition) is 4. The van der Waals surface area contributed by atoms with Gasteiger partial charge in [-0.25, -0.2) is 0 Å². The molecule has 2 rings (SSSR count). The van der Waals surface area contributed by atoms with E-state index in [1.807, 2.05) is 6.07 Å². The number of rotatable bonds is 3. The topological polar surface area (TPSA) is 96.0 Å². The quantitative estimate of drug-likeness (QED) is 0.678. The summed E-state index contributed by atoms with van der Waals surface area (Å²) in [6, 6.07) is 5.13. The summed E-state index contributed by atoms with van der Waals surface area (Å²) in [6.45, 7) is 0. The molecule has 0 spiro atoms. The molecule has 7 heteroatoms. The number of nitro groups is 1. The summed E-state index contributed by atoms with van der Waals surface area (Å²) >= 11 is 0. The van der Waals surface area contributed by atoms with Crippen molar-refractivity contribution in [3.05, 3.63) is 34.1 Å². The van der Waals surface area contributed by atoms with Crippen LogP contribution in [0.15, 0.2) is 18.2 Å². The number of carbonyl (C=O) groups is 1. The molecule has 1 saturated carbocycles. The van der Waals surface area contributed by atoms with Gasteiger partial charge in [0.05, 0.1) is 11.0 Å². The molecular weight excluding hydrogens is 265 g/mol. The first-order chi connectivity index (χ1) is 9.48. The minimum absolute atomic E-state index is 0.115. The highest BCUT2D eigenvalue weighted by molar-refractivity contribution is 5.97.